The number of benzene rings is 1. The molecule has 1 nitrogen and oxygen atoms in total. The Morgan fingerprint density at radius 2 is 1.92 bits per heavy atom. The van der Waals surface area contributed by atoms with Gasteiger partial charge in [0.1, 0.15) is 0 Å². The molecule has 1 rings (SSSR count). The van der Waals surface area contributed by atoms with Crippen LogP contribution in [-0.2, 0) is 6.42 Å². The van der Waals surface area contributed by atoms with Crippen LogP contribution in [0, 0.1) is 0 Å². The monoisotopic (exact) mass is 275 g/mol. The molecule has 0 spiro atoms. The molecule has 66 valence electrons. The molecular formula is C10H14IN. The zero-order valence-corrected chi connectivity index (χ0v) is 9.20. The fraction of sp³-hybridized carbons (Fsp3) is 0.400. The second-order valence-electron chi connectivity index (χ2n) is 2.94. The number of aryl methyl sites for hydroxylation is 1. The lowest BCUT2D eigenvalue weighted by Gasteiger charge is -2.06. The second kappa shape index (κ2) is 5.54. The topological polar surface area (TPSA) is 26.0 Å². The Hall–Kier alpha value is -0.0900. The minimum atomic E-state index is 0.353. The minimum Gasteiger partial charge on any atom is -0.327 e. The number of nitrogens with two attached hydrogens (primary N) is 1. The van der Waals surface area contributed by atoms with Crippen LogP contribution in [0.15, 0.2) is 30.3 Å². The molecule has 0 fully saturated rings. The summed E-state index contributed by atoms with van der Waals surface area (Å²) >= 11 is 2.33. The molecule has 2 heteroatoms. The third-order valence-corrected chi connectivity index (χ3v) is 2.98. The molecule has 0 aromatic heterocycles. The first-order valence-corrected chi connectivity index (χ1v) is 5.71. The van der Waals surface area contributed by atoms with E-state index in [-0.39, 0.29) is 0 Å². The van der Waals surface area contributed by atoms with Gasteiger partial charge in [0, 0.05) is 10.5 Å². The molecule has 0 amide bonds. The highest BCUT2D eigenvalue weighted by atomic mass is 127. The Kier molecular flexibility index (Phi) is 4.61. The maximum absolute atomic E-state index is 5.81. The van der Waals surface area contributed by atoms with E-state index in [9.17, 15) is 0 Å². The second-order valence-corrected chi connectivity index (χ2v) is 3.82. The summed E-state index contributed by atoms with van der Waals surface area (Å²) < 4.78 is 1.05. The number of rotatable bonds is 4. The van der Waals surface area contributed by atoms with Gasteiger partial charge in [-0.1, -0.05) is 52.9 Å². The first-order valence-electron chi connectivity index (χ1n) is 4.18. The fourth-order valence-electron chi connectivity index (χ4n) is 1.07. The molecule has 1 unspecified atom stereocenters. The fourth-order valence-corrected chi connectivity index (χ4v) is 1.51. The molecule has 0 radical (unpaired) electrons. The van der Waals surface area contributed by atoms with Crippen molar-refractivity contribution in [2.24, 2.45) is 5.73 Å². The molecule has 0 aliphatic rings. The van der Waals surface area contributed by atoms with Gasteiger partial charge in [-0.05, 0) is 18.4 Å². The molecule has 0 saturated heterocycles. The highest BCUT2D eigenvalue weighted by molar-refractivity contribution is 14.1. The Morgan fingerprint density at radius 3 is 2.50 bits per heavy atom. The maximum atomic E-state index is 5.81. The van der Waals surface area contributed by atoms with E-state index >= 15 is 0 Å². The molecule has 1 aromatic carbocycles. The van der Waals surface area contributed by atoms with Gasteiger partial charge in [0.05, 0.1) is 0 Å². The summed E-state index contributed by atoms with van der Waals surface area (Å²) in [6.07, 6.45) is 2.19. The Morgan fingerprint density at radius 1 is 1.25 bits per heavy atom. The molecule has 1 aromatic rings. The van der Waals surface area contributed by atoms with Gasteiger partial charge < -0.3 is 5.73 Å². The molecule has 0 heterocycles. The van der Waals surface area contributed by atoms with Crippen molar-refractivity contribution in [3.63, 3.8) is 0 Å². The lowest BCUT2D eigenvalue weighted by molar-refractivity contribution is 0.682. The van der Waals surface area contributed by atoms with E-state index in [4.69, 9.17) is 5.73 Å². The van der Waals surface area contributed by atoms with Crippen LogP contribution in [0.4, 0.5) is 0 Å². The summed E-state index contributed by atoms with van der Waals surface area (Å²) in [5, 5.41) is 0. The number of hydrogen-bond acceptors (Lipinski definition) is 1. The van der Waals surface area contributed by atoms with Gasteiger partial charge in [-0.2, -0.15) is 0 Å². The molecule has 0 aliphatic carbocycles. The van der Waals surface area contributed by atoms with Gasteiger partial charge in [-0.3, -0.25) is 0 Å². The third-order valence-electron chi connectivity index (χ3n) is 1.84. The number of hydrogen-bond donors (Lipinski definition) is 1. The average Bonchev–Trinajstić information content (AvgIpc) is 2.16. The standard InChI is InChI=1S/C10H14IN/c11-8-10(12)7-6-9-4-2-1-3-5-9/h1-5,10H,6-8,12H2. The van der Waals surface area contributed by atoms with Gasteiger partial charge in [-0.25, -0.2) is 0 Å². The average molecular weight is 275 g/mol. The van der Waals surface area contributed by atoms with Gasteiger partial charge >= 0.3 is 0 Å². The van der Waals surface area contributed by atoms with Crippen LogP contribution in [-0.4, -0.2) is 10.5 Å². The minimum absolute atomic E-state index is 0.353. The van der Waals surface area contributed by atoms with E-state index < -0.39 is 0 Å². The predicted octanol–water partition coefficient (Wildman–Crippen LogP) is 2.38. The van der Waals surface area contributed by atoms with Crippen molar-refractivity contribution in [1.82, 2.24) is 0 Å². The summed E-state index contributed by atoms with van der Waals surface area (Å²) in [4.78, 5) is 0. The van der Waals surface area contributed by atoms with Crippen LogP contribution >= 0.6 is 22.6 Å². The van der Waals surface area contributed by atoms with Crippen molar-refractivity contribution in [2.75, 3.05) is 4.43 Å². The predicted molar refractivity (Wildman–Crippen MR) is 61.6 cm³/mol. The lowest BCUT2D eigenvalue weighted by atomic mass is 10.1. The molecular weight excluding hydrogens is 261 g/mol. The van der Waals surface area contributed by atoms with Crippen LogP contribution in [0.2, 0.25) is 0 Å². The van der Waals surface area contributed by atoms with Crippen LogP contribution in [0.25, 0.3) is 0 Å². The van der Waals surface area contributed by atoms with Crippen molar-refractivity contribution in [2.45, 2.75) is 18.9 Å². The summed E-state index contributed by atoms with van der Waals surface area (Å²) in [5.74, 6) is 0. The Balaban J connectivity index is 2.33. The van der Waals surface area contributed by atoms with E-state index in [1.807, 2.05) is 6.07 Å². The van der Waals surface area contributed by atoms with E-state index in [2.05, 4.69) is 46.9 Å². The van der Waals surface area contributed by atoms with E-state index in [0.717, 1.165) is 17.3 Å². The van der Waals surface area contributed by atoms with Crippen LogP contribution < -0.4 is 5.73 Å². The van der Waals surface area contributed by atoms with Gasteiger partial charge in [0.2, 0.25) is 0 Å². The molecule has 0 saturated carbocycles. The molecule has 12 heavy (non-hydrogen) atoms. The highest BCUT2D eigenvalue weighted by Crippen LogP contribution is 2.04. The SMILES string of the molecule is NC(CI)CCc1ccccc1. The first kappa shape index (κ1) is 9.99. The van der Waals surface area contributed by atoms with Crippen molar-refractivity contribution in [1.29, 1.82) is 0 Å². The quantitative estimate of drug-likeness (QED) is 0.662. The summed E-state index contributed by atoms with van der Waals surface area (Å²) in [7, 11) is 0. The van der Waals surface area contributed by atoms with Crippen LogP contribution in [0.3, 0.4) is 0 Å². The van der Waals surface area contributed by atoms with Gasteiger partial charge in [0.15, 0.2) is 0 Å². The summed E-state index contributed by atoms with van der Waals surface area (Å²) in [5.41, 5.74) is 7.20. The first-order chi connectivity index (χ1) is 5.83. The van der Waals surface area contributed by atoms with Crippen molar-refractivity contribution >= 4 is 22.6 Å². The molecule has 1 atom stereocenters. The third kappa shape index (κ3) is 3.54. The number of alkyl halides is 1. The largest absolute Gasteiger partial charge is 0.327 e. The van der Waals surface area contributed by atoms with Gasteiger partial charge in [0.25, 0.3) is 0 Å². The molecule has 0 aliphatic heterocycles. The Labute approximate surface area is 87.5 Å². The zero-order valence-electron chi connectivity index (χ0n) is 7.04. The molecule has 2 N–H and O–H groups in total. The van der Waals surface area contributed by atoms with E-state index in [1.165, 1.54) is 5.56 Å². The summed E-state index contributed by atoms with van der Waals surface area (Å²) in [6.45, 7) is 0. The lowest BCUT2D eigenvalue weighted by Crippen LogP contribution is -2.21. The number of halogens is 1. The smallest absolute Gasteiger partial charge is 0.0147 e. The summed E-state index contributed by atoms with van der Waals surface area (Å²) in [6, 6.07) is 10.9. The van der Waals surface area contributed by atoms with Crippen molar-refractivity contribution in [3.8, 4) is 0 Å². The zero-order chi connectivity index (χ0) is 8.81. The maximum Gasteiger partial charge on any atom is 0.0147 e. The highest BCUT2D eigenvalue weighted by Gasteiger charge is 1.99. The normalized spacial score (nSPS) is 12.8. The van der Waals surface area contributed by atoms with Gasteiger partial charge in [-0.15, -0.1) is 0 Å². The van der Waals surface area contributed by atoms with Crippen LogP contribution in [0.5, 0.6) is 0 Å². The van der Waals surface area contributed by atoms with E-state index in [0.29, 0.717) is 6.04 Å². The Bertz CT molecular complexity index is 210. The van der Waals surface area contributed by atoms with E-state index in [1.54, 1.807) is 0 Å². The van der Waals surface area contributed by atoms with Crippen molar-refractivity contribution < 1.29 is 0 Å². The van der Waals surface area contributed by atoms with Crippen LogP contribution in [0.1, 0.15) is 12.0 Å². The van der Waals surface area contributed by atoms with Crippen molar-refractivity contribution in [3.05, 3.63) is 35.9 Å². The molecule has 0 bridgehead atoms.